The number of hydrogen-bond acceptors (Lipinski definition) is 7. The Morgan fingerprint density at radius 1 is 1.24 bits per heavy atom. The van der Waals surface area contributed by atoms with Crippen molar-refractivity contribution >= 4 is 63.1 Å². The molecular formula is C27H23ClN4O3S2. The second-order valence-corrected chi connectivity index (χ2v) is 10.7. The standard InChI is InChI=1S/C27H23ClN4O3S2/c1-35-21-9-3-2-6-17(21)7-5-15-29-31-23(33)16-36-27-30-25-24(20-8-4-10-22(20)37-25)26(34)32(27)19-13-11-18(28)12-14-19/h2-3,5-7,9,11-15H,4,8,10,16H2,1H3,(H,31,33). The van der Waals surface area contributed by atoms with E-state index in [1.807, 2.05) is 30.3 Å². The Morgan fingerprint density at radius 2 is 2.05 bits per heavy atom. The molecule has 1 aliphatic rings. The molecule has 4 aromatic rings. The third-order valence-electron chi connectivity index (χ3n) is 5.89. The highest BCUT2D eigenvalue weighted by molar-refractivity contribution is 7.99. The lowest BCUT2D eigenvalue weighted by Crippen LogP contribution is -2.24. The van der Waals surface area contributed by atoms with Crippen molar-refractivity contribution in [2.45, 2.75) is 24.4 Å². The number of rotatable bonds is 8. The van der Waals surface area contributed by atoms with Gasteiger partial charge in [0.25, 0.3) is 11.5 Å². The van der Waals surface area contributed by atoms with E-state index in [0.717, 1.165) is 41.0 Å². The second-order valence-electron chi connectivity index (χ2n) is 8.25. The molecule has 10 heteroatoms. The Kier molecular flexibility index (Phi) is 7.73. The number of fused-ring (bicyclic) bond motifs is 3. The number of thiophene rings is 1. The molecule has 0 fully saturated rings. The van der Waals surface area contributed by atoms with Crippen LogP contribution in [0.15, 0.2) is 69.7 Å². The summed E-state index contributed by atoms with van der Waals surface area (Å²) >= 11 is 8.84. The molecule has 0 saturated heterocycles. The minimum atomic E-state index is -0.308. The van der Waals surface area contributed by atoms with Gasteiger partial charge in [0, 0.05) is 21.7 Å². The Hall–Kier alpha value is -3.40. The van der Waals surface area contributed by atoms with Gasteiger partial charge >= 0.3 is 0 Å². The molecule has 2 heterocycles. The van der Waals surface area contributed by atoms with Crippen LogP contribution >= 0.6 is 34.7 Å². The van der Waals surface area contributed by atoms with E-state index in [-0.39, 0.29) is 17.2 Å². The van der Waals surface area contributed by atoms with Gasteiger partial charge in [0.1, 0.15) is 10.6 Å². The van der Waals surface area contributed by atoms with Crippen molar-refractivity contribution in [1.82, 2.24) is 15.0 Å². The van der Waals surface area contributed by atoms with Gasteiger partial charge in [-0.15, -0.1) is 11.3 Å². The molecular weight excluding hydrogens is 528 g/mol. The predicted octanol–water partition coefficient (Wildman–Crippen LogP) is 5.51. The number of carbonyl (C=O) groups excluding carboxylic acids is 1. The number of thioether (sulfide) groups is 1. The van der Waals surface area contributed by atoms with Gasteiger partial charge in [0.2, 0.25) is 0 Å². The summed E-state index contributed by atoms with van der Waals surface area (Å²) in [5.74, 6) is 0.488. The predicted molar refractivity (Wildman–Crippen MR) is 152 cm³/mol. The fourth-order valence-corrected chi connectivity index (χ4v) is 6.44. The van der Waals surface area contributed by atoms with Crippen molar-refractivity contribution in [2.24, 2.45) is 5.10 Å². The van der Waals surface area contributed by atoms with E-state index in [1.165, 1.54) is 22.9 Å². The lowest BCUT2D eigenvalue weighted by Gasteiger charge is -2.12. The van der Waals surface area contributed by atoms with E-state index in [4.69, 9.17) is 21.3 Å². The van der Waals surface area contributed by atoms with Crippen molar-refractivity contribution in [2.75, 3.05) is 12.9 Å². The SMILES string of the molecule is COc1ccccc1C=CC=NNC(=O)CSc1nc2sc3c(c2c(=O)n1-c1ccc(Cl)cc1)CCC3. The van der Waals surface area contributed by atoms with Crippen LogP contribution in [0.2, 0.25) is 5.02 Å². The number of para-hydroxylation sites is 1. The number of hydrazone groups is 1. The first-order valence-corrected chi connectivity index (χ1v) is 13.8. The molecule has 0 unspecified atom stereocenters. The third-order valence-corrected chi connectivity index (χ3v) is 8.27. The van der Waals surface area contributed by atoms with Gasteiger partial charge in [-0.25, -0.2) is 10.4 Å². The summed E-state index contributed by atoms with van der Waals surface area (Å²) in [7, 11) is 1.61. The molecule has 1 aliphatic carbocycles. The molecule has 1 amide bonds. The molecule has 5 rings (SSSR count). The van der Waals surface area contributed by atoms with Gasteiger partial charge in [-0.05, 0) is 67.3 Å². The van der Waals surface area contributed by atoms with Gasteiger partial charge in [-0.1, -0.05) is 41.6 Å². The van der Waals surface area contributed by atoms with Crippen LogP contribution in [0.25, 0.3) is 22.0 Å². The Labute approximate surface area is 226 Å². The molecule has 0 spiro atoms. The number of benzene rings is 2. The molecule has 188 valence electrons. The van der Waals surface area contributed by atoms with Crippen LogP contribution in [0.5, 0.6) is 5.75 Å². The summed E-state index contributed by atoms with van der Waals surface area (Å²) in [6.07, 6.45) is 7.98. The number of halogens is 1. The lowest BCUT2D eigenvalue weighted by molar-refractivity contribution is -0.118. The Bertz CT molecular complexity index is 1580. The number of allylic oxidation sites excluding steroid dienone is 1. The van der Waals surface area contributed by atoms with Crippen LogP contribution in [0.3, 0.4) is 0 Å². The number of aryl methyl sites for hydroxylation is 2. The minimum Gasteiger partial charge on any atom is -0.496 e. The maximum atomic E-state index is 13.6. The summed E-state index contributed by atoms with van der Waals surface area (Å²) in [4.78, 5) is 32.9. The zero-order valence-electron chi connectivity index (χ0n) is 19.9. The summed E-state index contributed by atoms with van der Waals surface area (Å²) < 4.78 is 6.88. The molecule has 37 heavy (non-hydrogen) atoms. The summed E-state index contributed by atoms with van der Waals surface area (Å²) in [6.45, 7) is 0. The van der Waals surface area contributed by atoms with Gasteiger partial charge in [-0.3, -0.25) is 14.2 Å². The van der Waals surface area contributed by atoms with E-state index in [2.05, 4.69) is 10.5 Å². The number of hydrogen-bond donors (Lipinski definition) is 1. The fraction of sp³-hybridized carbons (Fsp3) is 0.185. The summed E-state index contributed by atoms with van der Waals surface area (Å²) in [5.41, 5.74) is 5.07. The average Bonchev–Trinajstić information content (AvgIpc) is 3.49. The van der Waals surface area contributed by atoms with Gasteiger partial charge in [0.05, 0.1) is 23.9 Å². The van der Waals surface area contributed by atoms with Crippen molar-refractivity contribution in [3.63, 3.8) is 0 Å². The van der Waals surface area contributed by atoms with Crippen LogP contribution in [0.4, 0.5) is 0 Å². The smallest absolute Gasteiger partial charge is 0.267 e. The number of nitrogens with one attached hydrogen (secondary N) is 1. The molecule has 0 radical (unpaired) electrons. The van der Waals surface area contributed by atoms with E-state index in [9.17, 15) is 9.59 Å². The van der Waals surface area contributed by atoms with Gasteiger partial charge < -0.3 is 4.74 Å². The fourth-order valence-electron chi connectivity index (χ4n) is 4.20. The normalized spacial score (nSPS) is 13.0. The second kappa shape index (κ2) is 11.3. The highest BCUT2D eigenvalue weighted by Crippen LogP contribution is 2.36. The molecule has 2 aromatic carbocycles. The topological polar surface area (TPSA) is 85.6 Å². The molecule has 7 nitrogen and oxygen atoms in total. The van der Waals surface area contributed by atoms with E-state index in [0.29, 0.717) is 21.3 Å². The average molecular weight is 551 g/mol. The Morgan fingerprint density at radius 3 is 2.86 bits per heavy atom. The van der Waals surface area contributed by atoms with Crippen LogP contribution in [0, 0.1) is 0 Å². The van der Waals surface area contributed by atoms with E-state index in [1.54, 1.807) is 53.4 Å². The number of methoxy groups -OCH3 is 1. The Balaban J connectivity index is 1.33. The third kappa shape index (κ3) is 5.49. The number of aromatic nitrogens is 2. The highest BCUT2D eigenvalue weighted by atomic mass is 35.5. The number of carbonyl (C=O) groups is 1. The zero-order chi connectivity index (χ0) is 25.8. The van der Waals surface area contributed by atoms with Crippen molar-refractivity contribution in [3.05, 3.63) is 86.0 Å². The van der Waals surface area contributed by atoms with Crippen LogP contribution in [0.1, 0.15) is 22.4 Å². The van der Waals surface area contributed by atoms with E-state index < -0.39 is 0 Å². The number of nitrogens with zero attached hydrogens (tertiary/aromatic N) is 3. The molecule has 0 atom stereocenters. The molecule has 0 saturated carbocycles. The number of ether oxygens (including phenoxy) is 1. The quantitative estimate of drug-likeness (QED) is 0.135. The number of amides is 1. The maximum Gasteiger partial charge on any atom is 0.267 e. The van der Waals surface area contributed by atoms with Crippen LogP contribution in [-0.4, -0.2) is 34.5 Å². The molecule has 0 aliphatic heterocycles. The summed E-state index contributed by atoms with van der Waals surface area (Å²) in [5, 5.41) is 5.70. The lowest BCUT2D eigenvalue weighted by atomic mass is 10.2. The van der Waals surface area contributed by atoms with Crippen molar-refractivity contribution < 1.29 is 9.53 Å². The molecule has 0 bridgehead atoms. The minimum absolute atomic E-state index is 0.0458. The molecule has 1 N–H and O–H groups in total. The van der Waals surface area contributed by atoms with Crippen molar-refractivity contribution in [1.29, 1.82) is 0 Å². The van der Waals surface area contributed by atoms with Gasteiger partial charge in [-0.2, -0.15) is 5.10 Å². The first kappa shape index (κ1) is 25.3. The molecule has 2 aromatic heterocycles. The highest BCUT2D eigenvalue weighted by Gasteiger charge is 2.24. The monoisotopic (exact) mass is 550 g/mol. The largest absolute Gasteiger partial charge is 0.496 e. The van der Waals surface area contributed by atoms with E-state index >= 15 is 0 Å². The van der Waals surface area contributed by atoms with Crippen LogP contribution < -0.4 is 15.7 Å². The summed E-state index contributed by atoms with van der Waals surface area (Å²) in [6, 6.07) is 14.6. The van der Waals surface area contributed by atoms with Gasteiger partial charge in [0.15, 0.2) is 5.16 Å². The zero-order valence-corrected chi connectivity index (χ0v) is 22.3. The first-order chi connectivity index (χ1) is 18.0. The maximum absolute atomic E-state index is 13.6. The van der Waals surface area contributed by atoms with Crippen LogP contribution in [-0.2, 0) is 17.6 Å². The first-order valence-electron chi connectivity index (χ1n) is 11.6. The van der Waals surface area contributed by atoms with Crippen molar-refractivity contribution in [3.8, 4) is 11.4 Å².